The number of hydrogen-bond donors (Lipinski definition) is 2. The van der Waals surface area contributed by atoms with E-state index in [1.807, 2.05) is 0 Å². The number of rotatable bonds is 2. The highest BCUT2D eigenvalue weighted by Gasteiger charge is 2.14. The third-order valence-corrected chi connectivity index (χ3v) is 1.03. The van der Waals surface area contributed by atoms with Gasteiger partial charge in [0.05, 0.1) is 0 Å². The predicted molar refractivity (Wildman–Crippen MR) is 34.2 cm³/mol. The third-order valence-electron chi connectivity index (χ3n) is 1.03. The Kier molecular flexibility index (Phi) is 2.21. The highest BCUT2D eigenvalue weighted by Crippen LogP contribution is 1.93. The highest BCUT2D eigenvalue weighted by atomic mass is 16.8. The van der Waals surface area contributed by atoms with E-state index in [4.69, 9.17) is 10.4 Å². The molecule has 64 valence electrons. The zero-order valence-corrected chi connectivity index (χ0v) is 5.65. The Labute approximate surface area is 65.5 Å². The summed E-state index contributed by atoms with van der Waals surface area (Å²) in [4.78, 5) is 0.0106. The lowest BCUT2D eigenvalue weighted by Gasteiger charge is -1.84. The van der Waals surface area contributed by atoms with Crippen LogP contribution in [0.2, 0.25) is 0 Å². The van der Waals surface area contributed by atoms with Gasteiger partial charge in [-0.05, 0) is 4.90 Å². The molecule has 0 aliphatic rings. The molecule has 0 amide bonds. The van der Waals surface area contributed by atoms with E-state index in [9.17, 15) is 5.21 Å². The summed E-state index contributed by atoms with van der Waals surface area (Å²) in [6.45, 7) is 0. The van der Waals surface area contributed by atoms with Crippen LogP contribution >= 0.6 is 0 Å². The molecular weight excluding hydrogens is 168 g/mol. The van der Waals surface area contributed by atoms with E-state index in [0.29, 0.717) is 0 Å². The predicted octanol–water partition coefficient (Wildman–Crippen LogP) is -1.08. The van der Waals surface area contributed by atoms with Gasteiger partial charge in [0.1, 0.15) is 12.4 Å². The summed E-state index contributed by atoms with van der Waals surface area (Å²) < 4.78 is 4.11. The van der Waals surface area contributed by atoms with Gasteiger partial charge in [-0.15, -0.1) is 0 Å². The topological polar surface area (TPSA) is 118 Å². The smallest absolute Gasteiger partial charge is 0.271 e. The Morgan fingerprint density at radius 1 is 1.42 bits per heavy atom. The minimum Gasteiger partial charge on any atom is -0.411 e. The SMILES string of the molecule is [O-][n+]1onc(/C=N/O)c1/C=N/O. The van der Waals surface area contributed by atoms with Crippen molar-refractivity contribution >= 4 is 12.4 Å². The third kappa shape index (κ3) is 1.31. The molecule has 0 unspecified atom stereocenters. The molecule has 0 radical (unpaired) electrons. The second kappa shape index (κ2) is 3.32. The fourth-order valence-corrected chi connectivity index (χ4v) is 0.578. The van der Waals surface area contributed by atoms with Crippen LogP contribution in [0, 0.1) is 5.21 Å². The summed E-state index contributed by atoms with van der Waals surface area (Å²) in [5.74, 6) is 0. The van der Waals surface area contributed by atoms with Crippen LogP contribution in [0.5, 0.6) is 0 Å². The Hall–Kier alpha value is -2.12. The fraction of sp³-hybridized carbons (Fsp3) is 0. The van der Waals surface area contributed by atoms with Gasteiger partial charge in [0.15, 0.2) is 0 Å². The van der Waals surface area contributed by atoms with Gasteiger partial charge in [0.25, 0.3) is 5.69 Å². The summed E-state index contributed by atoms with van der Waals surface area (Å²) in [6, 6.07) is 0. The van der Waals surface area contributed by atoms with Crippen LogP contribution in [0.4, 0.5) is 0 Å². The van der Waals surface area contributed by atoms with Crippen molar-refractivity contribution in [2.24, 2.45) is 10.3 Å². The molecule has 0 aromatic carbocycles. The molecule has 0 saturated heterocycles. The molecule has 1 aromatic rings. The van der Waals surface area contributed by atoms with Crippen LogP contribution < -0.4 is 4.90 Å². The van der Waals surface area contributed by atoms with E-state index in [0.717, 1.165) is 12.4 Å². The molecule has 0 spiro atoms. The lowest BCUT2D eigenvalue weighted by molar-refractivity contribution is -0.803. The van der Waals surface area contributed by atoms with Crippen molar-refractivity contribution < 1.29 is 19.9 Å². The second-order valence-corrected chi connectivity index (χ2v) is 1.69. The van der Waals surface area contributed by atoms with E-state index in [-0.39, 0.29) is 16.3 Å². The first kappa shape index (κ1) is 7.98. The standard InChI is InChI=1S/C4H4N4O4/c9-5-1-3-4(2-6-10)8(11)12-7-3/h1-2,9-10H/b5-1+,6-2+. The number of nitrogens with zero attached hydrogens (tertiary/aromatic N) is 4. The van der Waals surface area contributed by atoms with Crippen molar-refractivity contribution in [3.8, 4) is 0 Å². The fourth-order valence-electron chi connectivity index (χ4n) is 0.578. The lowest BCUT2D eigenvalue weighted by Crippen LogP contribution is -2.28. The van der Waals surface area contributed by atoms with Gasteiger partial charge in [-0.1, -0.05) is 10.3 Å². The van der Waals surface area contributed by atoms with Crippen molar-refractivity contribution in [1.29, 1.82) is 0 Å². The Morgan fingerprint density at radius 2 is 2.08 bits per heavy atom. The Bertz CT molecular complexity index is 317. The molecule has 12 heavy (non-hydrogen) atoms. The van der Waals surface area contributed by atoms with E-state index in [1.54, 1.807) is 0 Å². The molecule has 2 N–H and O–H groups in total. The van der Waals surface area contributed by atoms with Crippen molar-refractivity contribution in [2.75, 3.05) is 0 Å². The molecule has 8 heteroatoms. The highest BCUT2D eigenvalue weighted by molar-refractivity contribution is 5.88. The summed E-state index contributed by atoms with van der Waals surface area (Å²) in [5.41, 5.74) is -0.194. The number of aromatic nitrogens is 2. The van der Waals surface area contributed by atoms with Crippen LogP contribution in [-0.2, 0) is 0 Å². The number of hydrogen-bond acceptors (Lipinski definition) is 7. The minimum absolute atomic E-state index is 0.0106. The van der Waals surface area contributed by atoms with E-state index in [2.05, 4.69) is 20.1 Å². The summed E-state index contributed by atoms with van der Waals surface area (Å²) in [6.07, 6.45) is 1.68. The zero-order valence-electron chi connectivity index (χ0n) is 5.65. The molecule has 1 rings (SSSR count). The van der Waals surface area contributed by atoms with Gasteiger partial charge < -0.3 is 15.6 Å². The van der Waals surface area contributed by atoms with E-state index < -0.39 is 0 Å². The normalized spacial score (nSPS) is 11.7. The maximum atomic E-state index is 10.6. The molecule has 0 aliphatic carbocycles. The molecule has 8 nitrogen and oxygen atoms in total. The first-order valence-corrected chi connectivity index (χ1v) is 2.74. The minimum atomic E-state index is -0.157. The largest absolute Gasteiger partial charge is 0.411 e. The quantitative estimate of drug-likeness (QED) is 0.254. The van der Waals surface area contributed by atoms with Crippen LogP contribution in [0.25, 0.3) is 0 Å². The van der Waals surface area contributed by atoms with Crippen LogP contribution in [0.15, 0.2) is 14.9 Å². The van der Waals surface area contributed by atoms with Gasteiger partial charge in [0, 0.05) is 5.16 Å². The van der Waals surface area contributed by atoms with Gasteiger partial charge >= 0.3 is 0 Å². The molecule has 0 atom stereocenters. The van der Waals surface area contributed by atoms with E-state index >= 15 is 0 Å². The first-order valence-electron chi connectivity index (χ1n) is 2.74. The molecule has 0 aliphatic heterocycles. The average molecular weight is 172 g/mol. The maximum absolute atomic E-state index is 10.6. The van der Waals surface area contributed by atoms with Gasteiger partial charge in [0.2, 0.25) is 5.69 Å². The number of oxime groups is 2. The molecule has 1 heterocycles. The van der Waals surface area contributed by atoms with Crippen molar-refractivity contribution in [2.45, 2.75) is 0 Å². The molecule has 0 bridgehead atoms. The van der Waals surface area contributed by atoms with Gasteiger partial charge in [-0.25, -0.2) is 0 Å². The molecular formula is C4H4N4O4. The Morgan fingerprint density at radius 3 is 2.67 bits per heavy atom. The van der Waals surface area contributed by atoms with Crippen LogP contribution in [0.1, 0.15) is 11.4 Å². The van der Waals surface area contributed by atoms with Crippen LogP contribution in [-0.4, -0.2) is 28.0 Å². The summed E-state index contributed by atoms with van der Waals surface area (Å²) in [7, 11) is 0. The lowest BCUT2D eigenvalue weighted by atomic mass is 10.3. The molecule has 1 aromatic heterocycles. The van der Waals surface area contributed by atoms with Gasteiger partial charge in [-0.2, -0.15) is 0 Å². The molecule has 0 saturated carbocycles. The van der Waals surface area contributed by atoms with Crippen molar-refractivity contribution in [1.82, 2.24) is 5.16 Å². The first-order chi connectivity index (χ1) is 5.79. The monoisotopic (exact) mass is 172 g/mol. The van der Waals surface area contributed by atoms with Crippen molar-refractivity contribution in [3.63, 3.8) is 0 Å². The van der Waals surface area contributed by atoms with Gasteiger partial charge in [-0.3, -0.25) is 4.63 Å². The Balaban J connectivity index is 3.12. The summed E-state index contributed by atoms with van der Waals surface area (Å²) in [5, 5.41) is 35.2. The average Bonchev–Trinajstić information content (AvgIpc) is 2.37. The van der Waals surface area contributed by atoms with Crippen LogP contribution in [0.3, 0.4) is 0 Å². The second-order valence-electron chi connectivity index (χ2n) is 1.69. The van der Waals surface area contributed by atoms with Crippen molar-refractivity contribution in [3.05, 3.63) is 16.6 Å². The maximum Gasteiger partial charge on any atom is 0.271 e. The zero-order chi connectivity index (χ0) is 8.97. The summed E-state index contributed by atoms with van der Waals surface area (Å²) >= 11 is 0. The van der Waals surface area contributed by atoms with E-state index in [1.165, 1.54) is 0 Å². The molecule has 0 fully saturated rings.